The largest absolute Gasteiger partial charge is 0.491 e. The normalized spacial score (nSPS) is 10.9. The Labute approximate surface area is 163 Å². The molecule has 0 radical (unpaired) electrons. The van der Waals surface area contributed by atoms with Gasteiger partial charge in [-0.1, -0.05) is 24.3 Å². The third kappa shape index (κ3) is 5.42. The van der Waals surface area contributed by atoms with Crippen LogP contribution in [0.5, 0.6) is 5.75 Å². The number of oxazole rings is 1. The molecule has 0 aliphatic rings. The van der Waals surface area contributed by atoms with Crippen LogP contribution in [0.25, 0.3) is 11.3 Å². The van der Waals surface area contributed by atoms with Gasteiger partial charge in [-0.15, -0.1) is 0 Å². The number of carbonyl (C=O) groups is 1. The lowest BCUT2D eigenvalue weighted by Gasteiger charge is -2.10. The molecule has 0 aliphatic carbocycles. The number of benzene rings is 2. The Hall–Kier alpha value is -3.15. The zero-order chi connectivity index (χ0) is 19.9. The number of nitrogens with zero attached hydrogens (tertiary/aromatic N) is 1. The smallest absolute Gasteiger partial charge is 0.220 e. The lowest BCUT2D eigenvalue weighted by Crippen LogP contribution is -2.23. The first-order chi connectivity index (χ1) is 13.5. The van der Waals surface area contributed by atoms with Crippen molar-refractivity contribution >= 4 is 5.91 Å². The Balaban J connectivity index is 1.46. The molecule has 0 spiro atoms. The van der Waals surface area contributed by atoms with Gasteiger partial charge in [0.2, 0.25) is 5.91 Å². The highest BCUT2D eigenvalue weighted by molar-refractivity contribution is 5.76. The van der Waals surface area contributed by atoms with Crippen LogP contribution in [0.15, 0.2) is 59.1 Å². The molecule has 3 rings (SSSR count). The standard InChI is InChI=1S/C22H23FN2O3/c1-15(2)27-17-9-7-16(8-10-17)13-24-21(26)11-12-22-25-14-20(28-22)18-5-3-4-6-19(18)23/h3-10,14-15H,11-13H2,1-2H3,(H,24,26). The Bertz CT molecular complexity index is 920. The van der Waals surface area contributed by atoms with Crippen molar-refractivity contribution in [3.63, 3.8) is 0 Å². The highest BCUT2D eigenvalue weighted by Crippen LogP contribution is 2.23. The minimum atomic E-state index is -0.368. The fraction of sp³-hybridized carbons (Fsp3) is 0.273. The topological polar surface area (TPSA) is 64.4 Å². The van der Waals surface area contributed by atoms with E-state index in [4.69, 9.17) is 9.15 Å². The van der Waals surface area contributed by atoms with E-state index in [0.717, 1.165) is 11.3 Å². The van der Waals surface area contributed by atoms with Crippen LogP contribution in [-0.2, 0) is 17.8 Å². The third-order valence-corrected chi connectivity index (χ3v) is 4.04. The second-order valence-electron chi connectivity index (χ2n) is 6.69. The average molecular weight is 382 g/mol. The van der Waals surface area contributed by atoms with Crippen LogP contribution in [0.4, 0.5) is 4.39 Å². The van der Waals surface area contributed by atoms with Gasteiger partial charge >= 0.3 is 0 Å². The van der Waals surface area contributed by atoms with E-state index in [1.165, 1.54) is 12.3 Å². The van der Waals surface area contributed by atoms with Crippen molar-refractivity contribution in [3.05, 3.63) is 72.0 Å². The zero-order valence-corrected chi connectivity index (χ0v) is 15.9. The lowest BCUT2D eigenvalue weighted by molar-refractivity contribution is -0.121. The van der Waals surface area contributed by atoms with E-state index >= 15 is 0 Å². The van der Waals surface area contributed by atoms with Gasteiger partial charge in [-0.2, -0.15) is 0 Å². The average Bonchev–Trinajstić information content (AvgIpc) is 3.14. The number of aryl methyl sites for hydroxylation is 1. The van der Waals surface area contributed by atoms with E-state index in [9.17, 15) is 9.18 Å². The molecule has 0 aliphatic heterocycles. The molecule has 0 atom stereocenters. The molecule has 0 fully saturated rings. The number of carbonyl (C=O) groups excluding carboxylic acids is 1. The number of hydrogen-bond donors (Lipinski definition) is 1. The molecule has 0 unspecified atom stereocenters. The first kappa shape index (κ1) is 19.6. The Morgan fingerprint density at radius 2 is 1.93 bits per heavy atom. The molecule has 0 bridgehead atoms. The fourth-order valence-electron chi connectivity index (χ4n) is 2.68. The maximum atomic E-state index is 13.8. The molecule has 28 heavy (non-hydrogen) atoms. The quantitative estimate of drug-likeness (QED) is 0.622. The van der Waals surface area contributed by atoms with Crippen molar-refractivity contribution < 1.29 is 18.3 Å². The van der Waals surface area contributed by atoms with Gasteiger partial charge in [-0.05, 0) is 43.7 Å². The van der Waals surface area contributed by atoms with Crippen molar-refractivity contribution in [2.75, 3.05) is 0 Å². The zero-order valence-electron chi connectivity index (χ0n) is 15.9. The first-order valence-corrected chi connectivity index (χ1v) is 9.23. The summed E-state index contributed by atoms with van der Waals surface area (Å²) in [7, 11) is 0. The molecule has 1 heterocycles. The van der Waals surface area contributed by atoms with Gasteiger partial charge in [0.25, 0.3) is 0 Å². The van der Waals surface area contributed by atoms with E-state index in [1.54, 1.807) is 18.2 Å². The van der Waals surface area contributed by atoms with Crippen molar-refractivity contribution in [2.24, 2.45) is 0 Å². The number of ether oxygens (including phenoxy) is 1. The van der Waals surface area contributed by atoms with E-state index < -0.39 is 0 Å². The number of aromatic nitrogens is 1. The lowest BCUT2D eigenvalue weighted by atomic mass is 10.2. The molecular formula is C22H23FN2O3. The van der Waals surface area contributed by atoms with Gasteiger partial charge in [0, 0.05) is 19.4 Å². The summed E-state index contributed by atoms with van der Waals surface area (Å²) in [6, 6.07) is 14.0. The summed E-state index contributed by atoms with van der Waals surface area (Å²) in [5.74, 6) is 1.10. The predicted molar refractivity (Wildman–Crippen MR) is 104 cm³/mol. The summed E-state index contributed by atoms with van der Waals surface area (Å²) in [6.07, 6.45) is 2.19. The van der Waals surface area contributed by atoms with Crippen LogP contribution in [0.1, 0.15) is 31.7 Å². The van der Waals surface area contributed by atoms with Crippen molar-refractivity contribution in [1.82, 2.24) is 10.3 Å². The molecule has 2 aromatic carbocycles. The maximum absolute atomic E-state index is 13.8. The monoisotopic (exact) mass is 382 g/mol. The molecule has 1 amide bonds. The van der Waals surface area contributed by atoms with Crippen LogP contribution < -0.4 is 10.1 Å². The summed E-state index contributed by atoms with van der Waals surface area (Å²) in [6.45, 7) is 4.38. The van der Waals surface area contributed by atoms with Crippen LogP contribution in [-0.4, -0.2) is 17.0 Å². The fourth-order valence-corrected chi connectivity index (χ4v) is 2.68. The van der Waals surface area contributed by atoms with E-state index in [1.807, 2.05) is 38.1 Å². The Morgan fingerprint density at radius 1 is 1.18 bits per heavy atom. The van der Waals surface area contributed by atoms with E-state index in [2.05, 4.69) is 10.3 Å². The van der Waals surface area contributed by atoms with Gasteiger partial charge in [0.1, 0.15) is 11.6 Å². The van der Waals surface area contributed by atoms with E-state index in [0.29, 0.717) is 30.2 Å². The molecule has 6 heteroatoms. The SMILES string of the molecule is CC(C)Oc1ccc(CNC(=O)CCc2ncc(-c3ccccc3F)o2)cc1. The molecule has 5 nitrogen and oxygen atoms in total. The third-order valence-electron chi connectivity index (χ3n) is 4.04. The summed E-state index contributed by atoms with van der Waals surface area (Å²) in [5, 5.41) is 2.87. The molecule has 0 saturated heterocycles. The van der Waals surface area contributed by atoms with Gasteiger partial charge in [0.15, 0.2) is 11.7 Å². The summed E-state index contributed by atoms with van der Waals surface area (Å²) in [4.78, 5) is 16.2. The number of rotatable bonds is 8. The number of hydrogen-bond acceptors (Lipinski definition) is 4. The summed E-state index contributed by atoms with van der Waals surface area (Å²) >= 11 is 0. The molecule has 1 aromatic heterocycles. The number of nitrogens with one attached hydrogen (secondary N) is 1. The van der Waals surface area contributed by atoms with E-state index in [-0.39, 0.29) is 24.2 Å². The van der Waals surface area contributed by atoms with Crippen LogP contribution in [0, 0.1) is 5.82 Å². The molecular weight excluding hydrogens is 359 g/mol. The second kappa shape index (κ2) is 9.17. The van der Waals surface area contributed by atoms with Gasteiger partial charge < -0.3 is 14.5 Å². The highest BCUT2D eigenvalue weighted by Gasteiger charge is 2.11. The minimum absolute atomic E-state index is 0.104. The second-order valence-corrected chi connectivity index (χ2v) is 6.69. The Kier molecular flexibility index (Phi) is 6.42. The Morgan fingerprint density at radius 3 is 2.64 bits per heavy atom. The summed E-state index contributed by atoms with van der Waals surface area (Å²) in [5.41, 5.74) is 1.35. The van der Waals surface area contributed by atoms with Gasteiger partial charge in [0.05, 0.1) is 17.9 Å². The van der Waals surface area contributed by atoms with Crippen molar-refractivity contribution in [1.29, 1.82) is 0 Å². The minimum Gasteiger partial charge on any atom is -0.491 e. The molecule has 146 valence electrons. The van der Waals surface area contributed by atoms with Gasteiger partial charge in [-0.25, -0.2) is 9.37 Å². The highest BCUT2D eigenvalue weighted by atomic mass is 19.1. The van der Waals surface area contributed by atoms with Crippen LogP contribution in [0.3, 0.4) is 0 Å². The van der Waals surface area contributed by atoms with Gasteiger partial charge in [-0.3, -0.25) is 4.79 Å². The van der Waals surface area contributed by atoms with Crippen LogP contribution in [0.2, 0.25) is 0 Å². The molecule has 1 N–H and O–H groups in total. The first-order valence-electron chi connectivity index (χ1n) is 9.23. The maximum Gasteiger partial charge on any atom is 0.220 e. The van der Waals surface area contributed by atoms with Crippen LogP contribution >= 0.6 is 0 Å². The molecule has 3 aromatic rings. The molecule has 0 saturated carbocycles. The summed E-state index contributed by atoms with van der Waals surface area (Å²) < 4.78 is 24.9. The number of halogens is 1. The van der Waals surface area contributed by atoms with Crippen molar-refractivity contribution in [3.8, 4) is 17.1 Å². The predicted octanol–water partition coefficient (Wildman–Crippen LogP) is 4.52. The number of amides is 1. The van der Waals surface area contributed by atoms with Crippen molar-refractivity contribution in [2.45, 2.75) is 39.3 Å².